The largest absolute Gasteiger partial charge is 0.460 e. The predicted octanol–water partition coefficient (Wildman–Crippen LogP) is 2.87. The summed E-state index contributed by atoms with van der Waals surface area (Å²) in [6.07, 6.45) is 7.43. The molecule has 8 nitrogen and oxygen atoms in total. The minimum atomic E-state index is -0.203. The quantitative estimate of drug-likeness (QED) is 0.651. The molecule has 1 fully saturated rings. The maximum atomic E-state index is 12.3. The minimum absolute atomic E-state index is 0.00340. The number of hydrogen-bond acceptors (Lipinski definition) is 6. The molecule has 2 aromatic rings. The predicted molar refractivity (Wildman–Crippen MR) is 105 cm³/mol. The van der Waals surface area contributed by atoms with Gasteiger partial charge in [-0.2, -0.15) is 9.97 Å². The van der Waals surface area contributed by atoms with Crippen molar-refractivity contribution >= 4 is 17.0 Å². The molecule has 1 saturated heterocycles. The van der Waals surface area contributed by atoms with Crippen LogP contribution in [0.15, 0.2) is 4.79 Å². The van der Waals surface area contributed by atoms with E-state index in [9.17, 15) is 4.79 Å². The number of aromatic amines is 1. The number of nitrogen functional groups attached to an aromatic ring is 1. The van der Waals surface area contributed by atoms with E-state index < -0.39 is 0 Å². The fourth-order valence-electron chi connectivity index (χ4n) is 3.67. The topological polar surface area (TPSA) is 108 Å². The first-order chi connectivity index (χ1) is 13.1. The van der Waals surface area contributed by atoms with Crippen molar-refractivity contribution in [2.75, 3.05) is 18.9 Å². The zero-order valence-corrected chi connectivity index (χ0v) is 16.4. The molecule has 3 N–H and O–H groups in total. The molecule has 0 saturated carbocycles. The maximum absolute atomic E-state index is 12.3. The zero-order valence-electron chi connectivity index (χ0n) is 16.4. The van der Waals surface area contributed by atoms with E-state index in [0.717, 1.165) is 51.7 Å². The average molecular weight is 377 g/mol. The van der Waals surface area contributed by atoms with Crippen LogP contribution in [0.5, 0.6) is 6.01 Å². The monoisotopic (exact) mass is 377 g/mol. The molecule has 150 valence electrons. The fraction of sp³-hybridized carbons (Fsp3) is 0.737. The van der Waals surface area contributed by atoms with E-state index >= 15 is 0 Å². The first-order valence-corrected chi connectivity index (χ1v) is 10.1. The second-order valence-corrected chi connectivity index (χ2v) is 7.47. The van der Waals surface area contributed by atoms with Crippen molar-refractivity contribution in [3.63, 3.8) is 0 Å². The lowest BCUT2D eigenvalue weighted by molar-refractivity contribution is 0.0506. The van der Waals surface area contributed by atoms with Crippen molar-refractivity contribution in [2.45, 2.75) is 71.4 Å². The third-order valence-corrected chi connectivity index (χ3v) is 5.13. The lowest BCUT2D eigenvalue weighted by Gasteiger charge is -2.21. The van der Waals surface area contributed by atoms with Crippen LogP contribution in [0, 0.1) is 5.92 Å². The van der Waals surface area contributed by atoms with Crippen molar-refractivity contribution in [2.24, 2.45) is 5.92 Å². The Hall–Kier alpha value is -2.09. The van der Waals surface area contributed by atoms with Gasteiger partial charge in [-0.05, 0) is 44.9 Å². The molecule has 0 aromatic carbocycles. The fourth-order valence-corrected chi connectivity index (χ4v) is 3.67. The molecule has 1 unspecified atom stereocenters. The minimum Gasteiger partial charge on any atom is -0.460 e. The zero-order chi connectivity index (χ0) is 19.2. The number of H-pyrrole nitrogens is 1. The number of imidazole rings is 1. The van der Waals surface area contributed by atoms with Gasteiger partial charge in [0.2, 0.25) is 0 Å². The number of ether oxygens (including phenoxy) is 2. The van der Waals surface area contributed by atoms with Crippen LogP contribution < -0.4 is 16.2 Å². The molecule has 0 amide bonds. The molecule has 1 aliphatic heterocycles. The second kappa shape index (κ2) is 9.21. The normalized spacial score (nSPS) is 18.7. The number of nitrogens with two attached hydrogens (primary N) is 1. The summed E-state index contributed by atoms with van der Waals surface area (Å²) < 4.78 is 12.9. The standard InChI is InChI=1S/C19H31N5O3/c1-3-7-13(2)27-18-22-16(20)15-17(23-18)24(19(25)21-15)10-5-4-8-14-9-6-11-26-12-14/h13-14H,3-12H2,1-2H3,(H,21,25)(H2,20,22,23)/t13-,14?/m1/s1. The number of rotatable bonds is 9. The molecule has 1 aliphatic rings. The van der Waals surface area contributed by atoms with Crippen LogP contribution in [0.1, 0.15) is 58.8 Å². The van der Waals surface area contributed by atoms with Crippen LogP contribution >= 0.6 is 0 Å². The number of nitrogens with zero attached hydrogens (tertiary/aromatic N) is 3. The highest BCUT2D eigenvalue weighted by Crippen LogP contribution is 2.21. The second-order valence-electron chi connectivity index (χ2n) is 7.47. The summed E-state index contributed by atoms with van der Waals surface area (Å²) in [4.78, 5) is 23.7. The maximum Gasteiger partial charge on any atom is 0.327 e. The Bertz CT molecular complexity index is 794. The SMILES string of the molecule is CCC[C@@H](C)Oc1nc(N)c2[nH]c(=O)n(CCCCC3CCCOC3)c2n1. The number of anilines is 1. The van der Waals surface area contributed by atoms with Gasteiger partial charge in [0.1, 0.15) is 5.52 Å². The van der Waals surface area contributed by atoms with Gasteiger partial charge in [-0.1, -0.05) is 19.8 Å². The molecule has 27 heavy (non-hydrogen) atoms. The molecular weight excluding hydrogens is 346 g/mol. The van der Waals surface area contributed by atoms with Crippen LogP contribution in [0.2, 0.25) is 0 Å². The van der Waals surface area contributed by atoms with Crippen molar-refractivity contribution in [3.05, 3.63) is 10.5 Å². The Morgan fingerprint density at radius 3 is 3.00 bits per heavy atom. The highest BCUT2D eigenvalue weighted by atomic mass is 16.5. The van der Waals surface area contributed by atoms with Crippen LogP contribution in [0.25, 0.3) is 11.2 Å². The summed E-state index contributed by atoms with van der Waals surface area (Å²) in [5.74, 6) is 0.894. The number of nitrogens with one attached hydrogen (secondary N) is 1. The van der Waals surface area contributed by atoms with Gasteiger partial charge in [-0.25, -0.2) is 4.79 Å². The lowest BCUT2D eigenvalue weighted by Crippen LogP contribution is -2.19. The molecule has 3 heterocycles. The molecule has 0 spiro atoms. The summed E-state index contributed by atoms with van der Waals surface area (Å²) >= 11 is 0. The van der Waals surface area contributed by atoms with Crippen LogP contribution in [0.4, 0.5) is 5.82 Å². The number of fused-ring (bicyclic) bond motifs is 1. The third kappa shape index (κ3) is 5.00. The Kier molecular flexibility index (Phi) is 6.71. The molecule has 0 radical (unpaired) electrons. The summed E-state index contributed by atoms with van der Waals surface area (Å²) in [5.41, 5.74) is 6.81. The summed E-state index contributed by atoms with van der Waals surface area (Å²) in [7, 11) is 0. The van der Waals surface area contributed by atoms with E-state index in [-0.39, 0.29) is 23.6 Å². The van der Waals surface area contributed by atoms with Crippen molar-refractivity contribution < 1.29 is 9.47 Å². The number of hydrogen-bond donors (Lipinski definition) is 2. The summed E-state index contributed by atoms with van der Waals surface area (Å²) in [6.45, 7) is 6.44. The first-order valence-electron chi connectivity index (χ1n) is 10.1. The Morgan fingerprint density at radius 1 is 1.41 bits per heavy atom. The molecule has 8 heteroatoms. The van der Waals surface area contributed by atoms with Gasteiger partial charge < -0.3 is 20.2 Å². The highest BCUT2D eigenvalue weighted by molar-refractivity contribution is 5.81. The Balaban J connectivity index is 1.67. The van der Waals surface area contributed by atoms with Crippen LogP contribution in [0.3, 0.4) is 0 Å². The number of aromatic nitrogens is 4. The Labute approximate surface area is 159 Å². The number of unbranched alkanes of at least 4 members (excludes halogenated alkanes) is 1. The number of aryl methyl sites for hydroxylation is 1. The summed E-state index contributed by atoms with van der Waals surface area (Å²) in [5, 5.41) is 0. The molecule has 0 aliphatic carbocycles. The van der Waals surface area contributed by atoms with E-state index in [1.807, 2.05) is 6.92 Å². The van der Waals surface area contributed by atoms with Crippen molar-refractivity contribution in [3.8, 4) is 6.01 Å². The lowest BCUT2D eigenvalue weighted by atomic mass is 9.96. The van der Waals surface area contributed by atoms with Gasteiger partial charge in [-0.15, -0.1) is 0 Å². The van der Waals surface area contributed by atoms with Gasteiger partial charge in [0.05, 0.1) is 6.10 Å². The van der Waals surface area contributed by atoms with E-state index in [1.165, 1.54) is 6.42 Å². The molecule has 2 atom stereocenters. The van der Waals surface area contributed by atoms with E-state index in [2.05, 4.69) is 21.9 Å². The average Bonchev–Trinajstić information content (AvgIpc) is 2.96. The third-order valence-electron chi connectivity index (χ3n) is 5.13. The molecular formula is C19H31N5O3. The smallest absolute Gasteiger partial charge is 0.327 e. The van der Waals surface area contributed by atoms with Gasteiger partial charge in [0, 0.05) is 19.8 Å². The molecule has 2 aromatic heterocycles. The first kappa shape index (κ1) is 19.7. The highest BCUT2D eigenvalue weighted by Gasteiger charge is 2.17. The van der Waals surface area contributed by atoms with Crippen LogP contribution in [-0.2, 0) is 11.3 Å². The van der Waals surface area contributed by atoms with Gasteiger partial charge >= 0.3 is 11.7 Å². The van der Waals surface area contributed by atoms with Crippen LogP contribution in [-0.4, -0.2) is 38.8 Å². The van der Waals surface area contributed by atoms with Gasteiger partial charge in [0.15, 0.2) is 11.5 Å². The Morgan fingerprint density at radius 2 is 2.26 bits per heavy atom. The van der Waals surface area contributed by atoms with E-state index in [4.69, 9.17) is 15.2 Å². The van der Waals surface area contributed by atoms with E-state index in [0.29, 0.717) is 23.6 Å². The summed E-state index contributed by atoms with van der Waals surface area (Å²) in [6, 6.07) is 0.230. The van der Waals surface area contributed by atoms with E-state index in [1.54, 1.807) is 4.57 Å². The molecule has 3 rings (SSSR count). The van der Waals surface area contributed by atoms with Crippen molar-refractivity contribution in [1.29, 1.82) is 0 Å². The van der Waals surface area contributed by atoms with Gasteiger partial charge in [-0.3, -0.25) is 4.57 Å². The van der Waals surface area contributed by atoms with Crippen molar-refractivity contribution in [1.82, 2.24) is 19.5 Å². The molecule has 0 bridgehead atoms. The van der Waals surface area contributed by atoms with Gasteiger partial charge in [0.25, 0.3) is 0 Å².